The molecule has 0 aliphatic carbocycles. The molecule has 2 aromatic carbocycles. The van der Waals surface area contributed by atoms with Gasteiger partial charge in [-0.25, -0.2) is 8.42 Å². The van der Waals surface area contributed by atoms with Crippen LogP contribution in [0.3, 0.4) is 0 Å². The van der Waals surface area contributed by atoms with E-state index in [1.807, 2.05) is 0 Å². The Bertz CT molecular complexity index is 941. The molecular weight excluding hydrogens is 332 g/mol. The molecule has 2 heterocycles. The highest BCUT2D eigenvalue weighted by Crippen LogP contribution is 2.38. The van der Waals surface area contributed by atoms with Crippen LogP contribution in [0.5, 0.6) is 11.5 Å². The Morgan fingerprint density at radius 1 is 1.00 bits per heavy atom. The van der Waals surface area contributed by atoms with Gasteiger partial charge in [-0.3, -0.25) is 9.10 Å². The number of benzene rings is 2. The number of rotatable bonds is 2. The Hall–Kier alpha value is -2.74. The fraction of sp³-hybridized carbons (Fsp3) is 0.188. The van der Waals surface area contributed by atoms with E-state index in [-0.39, 0.29) is 24.1 Å². The molecule has 0 spiro atoms. The monoisotopic (exact) mass is 346 g/mol. The van der Waals surface area contributed by atoms with E-state index in [1.54, 1.807) is 37.4 Å². The number of hydrogen-bond donors (Lipinski definition) is 0. The highest BCUT2D eigenvalue weighted by molar-refractivity contribution is 7.92. The van der Waals surface area contributed by atoms with Gasteiger partial charge >= 0.3 is 0 Å². The Morgan fingerprint density at radius 3 is 2.50 bits per heavy atom. The molecule has 0 aromatic heterocycles. The number of amides is 1. The average Bonchev–Trinajstić information content (AvgIpc) is 3.05. The van der Waals surface area contributed by atoms with Crippen LogP contribution in [0.4, 0.5) is 11.4 Å². The molecule has 0 N–H and O–H groups in total. The van der Waals surface area contributed by atoms with Crippen molar-refractivity contribution in [1.29, 1.82) is 0 Å². The van der Waals surface area contributed by atoms with Crippen LogP contribution in [0.25, 0.3) is 0 Å². The minimum atomic E-state index is -3.90. The number of nitrogens with zero attached hydrogens (tertiary/aromatic N) is 2. The van der Waals surface area contributed by atoms with Gasteiger partial charge in [-0.2, -0.15) is 0 Å². The zero-order valence-electron chi connectivity index (χ0n) is 12.8. The Labute approximate surface area is 139 Å². The summed E-state index contributed by atoms with van der Waals surface area (Å²) in [6, 6.07) is 11.3. The van der Waals surface area contributed by atoms with E-state index in [1.165, 1.54) is 17.0 Å². The number of hydrogen-bond acceptors (Lipinski definition) is 5. The lowest BCUT2D eigenvalue weighted by Crippen LogP contribution is -2.46. The zero-order valence-corrected chi connectivity index (χ0v) is 13.6. The predicted molar refractivity (Wildman–Crippen MR) is 86.9 cm³/mol. The van der Waals surface area contributed by atoms with Gasteiger partial charge in [0, 0.05) is 13.1 Å². The van der Waals surface area contributed by atoms with Crippen LogP contribution in [0, 0.1) is 0 Å². The van der Waals surface area contributed by atoms with Gasteiger partial charge < -0.3 is 14.4 Å². The summed E-state index contributed by atoms with van der Waals surface area (Å²) in [6.07, 6.45) is 0. The van der Waals surface area contributed by atoms with Crippen LogP contribution in [-0.2, 0) is 14.8 Å². The summed E-state index contributed by atoms with van der Waals surface area (Å²) in [7, 11) is -2.27. The van der Waals surface area contributed by atoms with Gasteiger partial charge in [0.2, 0.25) is 12.7 Å². The predicted octanol–water partition coefficient (Wildman–Crippen LogP) is 1.59. The van der Waals surface area contributed by atoms with E-state index in [2.05, 4.69) is 0 Å². The second kappa shape index (κ2) is 5.13. The Balaban J connectivity index is 1.83. The van der Waals surface area contributed by atoms with Crippen molar-refractivity contribution >= 4 is 27.3 Å². The van der Waals surface area contributed by atoms with Crippen molar-refractivity contribution in [3.05, 3.63) is 42.5 Å². The van der Waals surface area contributed by atoms with Gasteiger partial charge in [-0.05, 0) is 24.3 Å². The van der Waals surface area contributed by atoms with Crippen molar-refractivity contribution < 1.29 is 22.7 Å². The van der Waals surface area contributed by atoms with Crippen molar-refractivity contribution in [3.63, 3.8) is 0 Å². The molecule has 1 amide bonds. The second-order valence-corrected chi connectivity index (χ2v) is 7.33. The lowest BCUT2D eigenvalue weighted by molar-refractivity contribution is -0.117. The maximum atomic E-state index is 13.1. The summed E-state index contributed by atoms with van der Waals surface area (Å²) in [5.41, 5.74) is 1.02. The van der Waals surface area contributed by atoms with E-state index in [4.69, 9.17) is 9.47 Å². The number of ether oxygens (including phenoxy) is 2. The first-order valence-corrected chi connectivity index (χ1v) is 8.70. The van der Waals surface area contributed by atoms with Gasteiger partial charge in [-0.15, -0.1) is 0 Å². The largest absolute Gasteiger partial charge is 0.454 e. The fourth-order valence-corrected chi connectivity index (χ4v) is 4.23. The maximum absolute atomic E-state index is 13.1. The average molecular weight is 346 g/mol. The van der Waals surface area contributed by atoms with Crippen molar-refractivity contribution in [2.75, 3.05) is 29.6 Å². The smallest absolute Gasteiger partial charge is 0.265 e. The standard InChI is InChI=1S/C16H14N2O5S/c1-17-12-4-2-3-5-13(12)18(9-16(17)19)24(20,21)11-6-7-14-15(8-11)23-10-22-14/h2-8H,9-10H2,1H3. The number of carbonyl (C=O) groups excluding carboxylic acids is 1. The summed E-state index contributed by atoms with van der Waals surface area (Å²) in [6.45, 7) is -0.182. The third-order valence-electron chi connectivity index (χ3n) is 4.10. The van der Waals surface area contributed by atoms with Crippen molar-refractivity contribution in [2.24, 2.45) is 0 Å². The zero-order chi connectivity index (χ0) is 16.9. The third-order valence-corrected chi connectivity index (χ3v) is 5.85. The molecule has 2 aromatic rings. The van der Waals surface area contributed by atoms with Gasteiger partial charge in [0.15, 0.2) is 11.5 Å². The summed E-state index contributed by atoms with van der Waals surface area (Å²) in [4.78, 5) is 13.7. The molecule has 0 saturated heterocycles. The number of anilines is 2. The first-order chi connectivity index (χ1) is 11.5. The number of likely N-dealkylation sites (N-methyl/N-ethyl adjacent to an activating group) is 1. The SMILES string of the molecule is CN1C(=O)CN(S(=O)(=O)c2ccc3c(c2)OCO3)c2ccccc21. The van der Waals surface area contributed by atoms with Gasteiger partial charge in [0.1, 0.15) is 6.54 Å². The highest BCUT2D eigenvalue weighted by atomic mass is 32.2. The highest BCUT2D eigenvalue weighted by Gasteiger charge is 2.35. The van der Waals surface area contributed by atoms with Gasteiger partial charge in [0.05, 0.1) is 16.3 Å². The number of para-hydroxylation sites is 2. The summed E-state index contributed by atoms with van der Waals surface area (Å²) in [5.74, 6) is 0.589. The van der Waals surface area contributed by atoms with E-state index < -0.39 is 10.0 Å². The van der Waals surface area contributed by atoms with Crippen LogP contribution in [0.15, 0.2) is 47.4 Å². The minimum Gasteiger partial charge on any atom is -0.454 e. The quantitative estimate of drug-likeness (QED) is 0.825. The molecule has 0 atom stereocenters. The van der Waals surface area contributed by atoms with E-state index in [0.29, 0.717) is 22.9 Å². The van der Waals surface area contributed by atoms with Crippen LogP contribution in [-0.4, -0.2) is 34.7 Å². The molecule has 7 nitrogen and oxygen atoms in total. The van der Waals surface area contributed by atoms with Gasteiger partial charge in [0.25, 0.3) is 10.0 Å². The number of carbonyl (C=O) groups is 1. The maximum Gasteiger partial charge on any atom is 0.265 e. The second-order valence-electron chi connectivity index (χ2n) is 5.47. The first-order valence-electron chi connectivity index (χ1n) is 7.26. The summed E-state index contributed by atoms with van der Waals surface area (Å²) < 4.78 is 37.7. The molecular formula is C16H14N2O5S. The van der Waals surface area contributed by atoms with Crippen molar-refractivity contribution in [3.8, 4) is 11.5 Å². The first kappa shape index (κ1) is 14.8. The minimum absolute atomic E-state index is 0.0545. The molecule has 0 radical (unpaired) electrons. The normalized spacial score (nSPS) is 16.3. The molecule has 2 aliphatic heterocycles. The summed E-state index contributed by atoms with van der Waals surface area (Å²) in [5, 5.41) is 0. The molecule has 0 saturated carbocycles. The van der Waals surface area contributed by atoms with Gasteiger partial charge in [-0.1, -0.05) is 12.1 Å². The van der Waals surface area contributed by atoms with Crippen LogP contribution >= 0.6 is 0 Å². The summed E-state index contributed by atoms with van der Waals surface area (Å²) >= 11 is 0. The topological polar surface area (TPSA) is 76.2 Å². The molecule has 4 rings (SSSR count). The third kappa shape index (κ3) is 2.10. The van der Waals surface area contributed by atoms with Crippen LogP contribution < -0.4 is 18.7 Å². The van der Waals surface area contributed by atoms with E-state index in [9.17, 15) is 13.2 Å². The number of sulfonamides is 1. The lowest BCUT2D eigenvalue weighted by atomic mass is 10.2. The number of fused-ring (bicyclic) bond motifs is 2. The molecule has 0 unspecified atom stereocenters. The van der Waals surface area contributed by atoms with Crippen LogP contribution in [0.1, 0.15) is 0 Å². The van der Waals surface area contributed by atoms with E-state index in [0.717, 1.165) is 4.31 Å². The Morgan fingerprint density at radius 2 is 1.71 bits per heavy atom. The van der Waals surface area contributed by atoms with Crippen molar-refractivity contribution in [2.45, 2.75) is 4.90 Å². The van der Waals surface area contributed by atoms with Crippen LogP contribution in [0.2, 0.25) is 0 Å². The molecule has 124 valence electrons. The lowest BCUT2D eigenvalue weighted by Gasteiger charge is -2.34. The molecule has 8 heteroatoms. The molecule has 0 bridgehead atoms. The fourth-order valence-electron chi connectivity index (χ4n) is 2.79. The molecule has 2 aliphatic rings. The Kier molecular flexibility index (Phi) is 3.17. The molecule has 0 fully saturated rings. The molecule has 24 heavy (non-hydrogen) atoms. The van der Waals surface area contributed by atoms with Crippen molar-refractivity contribution in [1.82, 2.24) is 0 Å². The van der Waals surface area contributed by atoms with E-state index >= 15 is 0 Å².